The van der Waals surface area contributed by atoms with Crippen LogP contribution >= 0.6 is 0 Å². The number of ether oxygens (including phenoxy) is 5. The van der Waals surface area contributed by atoms with Crippen molar-refractivity contribution in [1.29, 1.82) is 0 Å². The Kier molecular flexibility index (Phi) is 12.7. The lowest BCUT2D eigenvalue weighted by atomic mass is 9.89. The van der Waals surface area contributed by atoms with Crippen LogP contribution in [0, 0.1) is 5.92 Å². The summed E-state index contributed by atoms with van der Waals surface area (Å²) in [7, 11) is 4.02. The van der Waals surface area contributed by atoms with Gasteiger partial charge in [-0.3, -0.25) is 9.59 Å². The number of nitrogens with one attached hydrogen (secondary N) is 4. The molecule has 0 bridgehead atoms. The van der Waals surface area contributed by atoms with E-state index in [0.717, 1.165) is 81.4 Å². The van der Waals surface area contributed by atoms with Crippen molar-refractivity contribution in [3.63, 3.8) is 0 Å². The Morgan fingerprint density at radius 1 is 0.891 bits per heavy atom. The lowest BCUT2D eigenvalue weighted by molar-refractivity contribution is -0.172. The number of nitrogens with zero attached hydrogens (tertiary/aromatic N) is 4. The molecule has 0 spiro atoms. The minimum absolute atomic E-state index is 0.0866. The summed E-state index contributed by atoms with van der Waals surface area (Å²) in [6.07, 6.45) is 1.09. The highest BCUT2D eigenvalue weighted by Crippen LogP contribution is 2.39. The number of carbonyl (C=O) groups excluding carboxylic acids is 4. The zero-order chi connectivity index (χ0) is 45.4. The fourth-order valence-corrected chi connectivity index (χ4v) is 9.24. The molecule has 340 valence electrons. The third kappa shape index (κ3) is 8.63. The van der Waals surface area contributed by atoms with E-state index in [-0.39, 0.29) is 24.4 Å². The molecule has 1 aliphatic carbocycles. The van der Waals surface area contributed by atoms with Gasteiger partial charge in [-0.2, -0.15) is 0 Å². The SMILES string of the molecule is COC(=O)N[C@H](C(=O)N1CCC[C@H]1c1nc2c(ccc3cc(-c4ccc5c(c4)CCc4[nH]c([C@H](C)N(CC6(C)OCCO6)C(=O)[C@@H](NC(=O)OC)[C@@H](C)OC)nc4-5)ccc32)[nH]1)C(C)C. The van der Waals surface area contributed by atoms with Gasteiger partial charge in [0.2, 0.25) is 11.8 Å². The number of methoxy groups -OCH3 is 3. The van der Waals surface area contributed by atoms with Crippen molar-refractivity contribution >= 4 is 45.8 Å². The van der Waals surface area contributed by atoms with E-state index in [9.17, 15) is 19.2 Å². The van der Waals surface area contributed by atoms with Gasteiger partial charge in [-0.1, -0.05) is 50.2 Å². The van der Waals surface area contributed by atoms with Crippen LogP contribution in [0.3, 0.4) is 0 Å². The Hall–Kier alpha value is -6.04. The zero-order valence-corrected chi connectivity index (χ0v) is 37.7. The number of imidazole rings is 2. The van der Waals surface area contributed by atoms with Crippen molar-refractivity contribution in [3.05, 3.63) is 71.4 Å². The van der Waals surface area contributed by atoms with Crippen molar-refractivity contribution < 1.29 is 42.9 Å². The van der Waals surface area contributed by atoms with Crippen molar-refractivity contribution in [1.82, 2.24) is 40.4 Å². The number of benzene rings is 3. The van der Waals surface area contributed by atoms with Gasteiger partial charge in [0.25, 0.3) is 0 Å². The van der Waals surface area contributed by atoms with E-state index in [4.69, 9.17) is 33.7 Å². The van der Waals surface area contributed by atoms with Crippen LogP contribution < -0.4 is 10.6 Å². The highest BCUT2D eigenvalue weighted by Gasteiger charge is 2.42. The number of amides is 4. The lowest BCUT2D eigenvalue weighted by Crippen LogP contribution is -2.57. The quantitative estimate of drug-likeness (QED) is 0.103. The maximum Gasteiger partial charge on any atom is 0.407 e. The Bertz CT molecular complexity index is 2560. The first kappa shape index (κ1) is 44.6. The van der Waals surface area contributed by atoms with Crippen LogP contribution in [0.1, 0.15) is 82.5 Å². The van der Waals surface area contributed by atoms with Crippen LogP contribution in [0.25, 0.3) is 44.2 Å². The van der Waals surface area contributed by atoms with Gasteiger partial charge in [0.1, 0.15) is 23.7 Å². The lowest BCUT2D eigenvalue weighted by Gasteiger charge is -2.37. The molecule has 0 unspecified atom stereocenters. The van der Waals surface area contributed by atoms with Gasteiger partial charge in [-0.05, 0) is 86.6 Å². The van der Waals surface area contributed by atoms with Gasteiger partial charge >= 0.3 is 12.2 Å². The molecule has 0 radical (unpaired) electrons. The summed E-state index contributed by atoms with van der Waals surface area (Å²) in [6, 6.07) is 14.5. The fourth-order valence-electron chi connectivity index (χ4n) is 9.24. The Morgan fingerprint density at radius 3 is 2.30 bits per heavy atom. The number of fused-ring (bicyclic) bond motifs is 6. The number of likely N-dealkylation sites (tertiary alicyclic amines) is 1. The van der Waals surface area contributed by atoms with E-state index in [2.05, 4.69) is 63.1 Å². The van der Waals surface area contributed by atoms with E-state index in [0.29, 0.717) is 25.6 Å². The maximum atomic E-state index is 14.4. The van der Waals surface area contributed by atoms with Crippen molar-refractivity contribution in [2.24, 2.45) is 5.92 Å². The second kappa shape index (κ2) is 18.2. The van der Waals surface area contributed by atoms with Crippen LogP contribution in [-0.2, 0) is 46.1 Å². The van der Waals surface area contributed by atoms with Crippen LogP contribution in [0.5, 0.6) is 0 Å². The van der Waals surface area contributed by atoms with Crippen molar-refractivity contribution in [3.8, 4) is 22.4 Å². The molecule has 5 atom stereocenters. The molecule has 2 aromatic heterocycles. The molecule has 64 heavy (non-hydrogen) atoms. The number of hydrogen-bond donors (Lipinski definition) is 4. The molecule has 2 fully saturated rings. The summed E-state index contributed by atoms with van der Waals surface area (Å²) in [6.45, 7) is 10.7. The second-order valence-corrected chi connectivity index (χ2v) is 17.4. The summed E-state index contributed by atoms with van der Waals surface area (Å²) in [5, 5.41) is 7.41. The summed E-state index contributed by atoms with van der Waals surface area (Å²) in [5.74, 6) is -0.383. The largest absolute Gasteiger partial charge is 0.453 e. The average Bonchev–Trinajstić information content (AvgIpc) is 4.14. The van der Waals surface area contributed by atoms with Gasteiger partial charge < -0.3 is 54.1 Å². The fraction of sp³-hybridized carbons (Fsp3) is 0.489. The molecule has 2 saturated heterocycles. The maximum absolute atomic E-state index is 14.4. The Morgan fingerprint density at radius 2 is 1.59 bits per heavy atom. The van der Waals surface area contributed by atoms with Crippen LogP contribution in [0.4, 0.5) is 9.59 Å². The second-order valence-electron chi connectivity index (χ2n) is 17.4. The Balaban J connectivity index is 1.04. The predicted octanol–water partition coefficient (Wildman–Crippen LogP) is 6.33. The number of aryl methyl sites for hydroxylation is 2. The molecule has 5 aromatic rings. The monoisotopic (exact) mass is 878 g/mol. The third-order valence-electron chi connectivity index (χ3n) is 12.9. The molecule has 3 aliphatic rings. The van der Waals surface area contributed by atoms with Gasteiger partial charge in [0.15, 0.2) is 5.79 Å². The van der Waals surface area contributed by atoms with E-state index >= 15 is 0 Å². The molecule has 4 amide bonds. The molecule has 4 N–H and O–H groups in total. The minimum Gasteiger partial charge on any atom is -0.453 e. The van der Waals surface area contributed by atoms with E-state index in [1.54, 1.807) is 18.7 Å². The summed E-state index contributed by atoms with van der Waals surface area (Å²) in [4.78, 5) is 73.2. The predicted molar refractivity (Wildman–Crippen MR) is 238 cm³/mol. The van der Waals surface area contributed by atoms with E-state index in [1.807, 2.05) is 31.7 Å². The molecule has 0 saturated carbocycles. The first-order valence-corrected chi connectivity index (χ1v) is 22.0. The normalized spacial score (nSPS) is 18.6. The summed E-state index contributed by atoms with van der Waals surface area (Å²) in [5.41, 5.74) is 7.90. The molecule has 17 nitrogen and oxygen atoms in total. The third-order valence-corrected chi connectivity index (χ3v) is 12.9. The first-order valence-electron chi connectivity index (χ1n) is 22.0. The zero-order valence-electron chi connectivity index (χ0n) is 37.7. The van der Waals surface area contributed by atoms with Gasteiger partial charge in [0, 0.05) is 30.3 Å². The number of carbonyl (C=O) groups is 4. The number of H-pyrrole nitrogens is 2. The molecule has 8 rings (SSSR count). The van der Waals surface area contributed by atoms with E-state index < -0.39 is 48.1 Å². The molecular weight excluding hydrogens is 821 g/mol. The molecule has 17 heteroatoms. The van der Waals surface area contributed by atoms with E-state index in [1.165, 1.54) is 26.9 Å². The molecule has 4 heterocycles. The standard InChI is InChI=1S/C47H58N8O9/c1-25(2)37(52-45(58)61-7)43(56)54-19-9-10-36(54)42-49-35-18-14-31-23-29(12-16-33(31)40(35)51-42)28-11-15-32-30(22-28)13-17-34-39(32)50-41(48-34)26(3)55(24-47(5)63-20-21-64-47)44(57)38(27(4)60-6)53-46(59)62-8/h11-12,14-16,18,22-23,25-27,36-38H,9-10,13,17,19-21,24H2,1-8H3,(H,48,50)(H,49,51)(H,52,58)(H,53,59)/t26-,27+,36-,37-,38-/m0/s1. The van der Waals surface area contributed by atoms with Crippen molar-refractivity contribution in [2.75, 3.05) is 47.6 Å². The van der Waals surface area contributed by atoms with Gasteiger partial charge in [-0.15, -0.1) is 0 Å². The highest BCUT2D eigenvalue weighted by atomic mass is 16.7. The van der Waals surface area contributed by atoms with Crippen LogP contribution in [-0.4, -0.2) is 125 Å². The molecular formula is C47H58N8O9. The number of aromatic nitrogens is 4. The van der Waals surface area contributed by atoms with Crippen LogP contribution in [0.2, 0.25) is 0 Å². The average molecular weight is 879 g/mol. The van der Waals surface area contributed by atoms with Crippen molar-refractivity contribution in [2.45, 2.75) is 96.4 Å². The van der Waals surface area contributed by atoms with Gasteiger partial charge in [-0.25, -0.2) is 19.6 Å². The topological polar surface area (TPSA) is 202 Å². The van der Waals surface area contributed by atoms with Gasteiger partial charge in [0.05, 0.1) is 68.9 Å². The number of aromatic amines is 2. The molecule has 3 aromatic carbocycles. The summed E-state index contributed by atoms with van der Waals surface area (Å²) >= 11 is 0. The molecule has 2 aliphatic heterocycles. The first-order chi connectivity index (χ1) is 30.7. The number of rotatable bonds is 13. The number of hydrogen-bond acceptors (Lipinski definition) is 11. The minimum atomic E-state index is -1.05. The highest BCUT2D eigenvalue weighted by molar-refractivity contribution is 6.05. The Labute approximate surface area is 371 Å². The number of alkyl carbamates (subject to hydrolysis) is 2. The smallest absolute Gasteiger partial charge is 0.407 e. The van der Waals surface area contributed by atoms with Crippen LogP contribution in [0.15, 0.2) is 48.5 Å². The summed E-state index contributed by atoms with van der Waals surface area (Å²) < 4.78 is 27.0.